The number of carbonyl (C=O) groups is 4. The fourth-order valence-corrected chi connectivity index (χ4v) is 3.52. The summed E-state index contributed by atoms with van der Waals surface area (Å²) < 4.78 is 5.32. The maximum absolute atomic E-state index is 12.5. The summed E-state index contributed by atoms with van der Waals surface area (Å²) in [5.74, 6) is -1.97. The van der Waals surface area contributed by atoms with Gasteiger partial charge < -0.3 is 25.6 Å². The molecule has 10 nitrogen and oxygen atoms in total. The standard InChI is InChI=1S/C21H30ClN5O5/c1-21(2,3)32-20(31)25-15-10-12(19(30)27(4)5)6-8-14(15)24-17(28)18(29)26-16-9-7-13(22)11-23-16/h7,9,11-12,14-15H,6,8,10H2,1-5H3,(H,24,28)(H,25,31)(H,23,26,29)/t12-,14+,15-/m1/s1. The Hall–Kier alpha value is -2.88. The third kappa shape index (κ3) is 7.67. The van der Waals surface area contributed by atoms with Crippen LogP contribution in [0.15, 0.2) is 18.3 Å². The molecule has 1 aliphatic rings. The van der Waals surface area contributed by atoms with Crippen LogP contribution >= 0.6 is 11.6 Å². The second-order valence-corrected chi connectivity index (χ2v) is 9.33. The molecule has 176 valence electrons. The van der Waals surface area contributed by atoms with E-state index in [4.69, 9.17) is 16.3 Å². The average molecular weight is 468 g/mol. The molecular weight excluding hydrogens is 438 g/mol. The molecule has 2 rings (SSSR count). The lowest BCUT2D eigenvalue weighted by Crippen LogP contribution is -2.57. The van der Waals surface area contributed by atoms with Crippen molar-refractivity contribution < 1.29 is 23.9 Å². The Labute approximate surface area is 192 Å². The lowest BCUT2D eigenvalue weighted by atomic mass is 9.81. The van der Waals surface area contributed by atoms with Crippen LogP contribution in [0.4, 0.5) is 10.6 Å². The van der Waals surface area contributed by atoms with Crippen molar-refractivity contribution in [1.29, 1.82) is 0 Å². The molecule has 1 fully saturated rings. The Bertz CT molecular complexity index is 853. The van der Waals surface area contributed by atoms with E-state index in [1.807, 2.05) is 0 Å². The Kier molecular flexibility index (Phi) is 8.43. The van der Waals surface area contributed by atoms with Crippen LogP contribution in [0.2, 0.25) is 5.02 Å². The summed E-state index contributed by atoms with van der Waals surface area (Å²) in [4.78, 5) is 54.9. The fourth-order valence-electron chi connectivity index (χ4n) is 3.41. The lowest BCUT2D eigenvalue weighted by Gasteiger charge is -2.37. The summed E-state index contributed by atoms with van der Waals surface area (Å²) in [5, 5.41) is 8.19. The second-order valence-electron chi connectivity index (χ2n) is 8.89. The van der Waals surface area contributed by atoms with Crippen molar-refractivity contribution in [2.75, 3.05) is 19.4 Å². The molecule has 1 saturated carbocycles. The number of ether oxygens (including phenoxy) is 1. The third-order valence-corrected chi connectivity index (χ3v) is 5.06. The predicted molar refractivity (Wildman–Crippen MR) is 119 cm³/mol. The summed E-state index contributed by atoms with van der Waals surface area (Å²) in [7, 11) is 3.34. The lowest BCUT2D eigenvalue weighted by molar-refractivity contribution is -0.137. The molecule has 0 spiro atoms. The smallest absolute Gasteiger partial charge is 0.407 e. The van der Waals surface area contributed by atoms with Crippen molar-refractivity contribution in [2.24, 2.45) is 5.92 Å². The summed E-state index contributed by atoms with van der Waals surface area (Å²) >= 11 is 5.76. The van der Waals surface area contributed by atoms with Gasteiger partial charge >= 0.3 is 17.9 Å². The number of nitrogens with zero attached hydrogens (tertiary/aromatic N) is 2. The van der Waals surface area contributed by atoms with Crippen molar-refractivity contribution in [3.8, 4) is 0 Å². The minimum Gasteiger partial charge on any atom is -0.444 e. The molecule has 0 radical (unpaired) electrons. The van der Waals surface area contributed by atoms with Gasteiger partial charge in [0.1, 0.15) is 11.4 Å². The monoisotopic (exact) mass is 467 g/mol. The molecule has 0 aromatic carbocycles. The van der Waals surface area contributed by atoms with E-state index in [2.05, 4.69) is 20.9 Å². The summed E-state index contributed by atoms with van der Waals surface area (Å²) in [6.45, 7) is 5.21. The normalized spacial score (nSPS) is 20.6. The van der Waals surface area contributed by atoms with E-state index in [-0.39, 0.29) is 17.6 Å². The number of alkyl carbamates (subject to hydrolysis) is 1. The van der Waals surface area contributed by atoms with Crippen LogP contribution in [0.5, 0.6) is 0 Å². The molecule has 0 bridgehead atoms. The van der Waals surface area contributed by atoms with Crippen LogP contribution in [0.25, 0.3) is 0 Å². The number of pyridine rings is 1. The highest BCUT2D eigenvalue weighted by Crippen LogP contribution is 2.27. The number of halogens is 1. The van der Waals surface area contributed by atoms with Crippen molar-refractivity contribution in [1.82, 2.24) is 20.5 Å². The molecule has 4 amide bonds. The number of rotatable bonds is 4. The highest BCUT2D eigenvalue weighted by molar-refractivity contribution is 6.39. The first-order valence-corrected chi connectivity index (χ1v) is 10.7. The quantitative estimate of drug-likeness (QED) is 0.580. The minimum atomic E-state index is -0.901. The number of amides is 4. The van der Waals surface area contributed by atoms with Crippen LogP contribution in [-0.4, -0.2) is 65.5 Å². The molecule has 0 unspecified atom stereocenters. The summed E-state index contributed by atoms with van der Waals surface area (Å²) in [6.07, 6.45) is 1.91. The molecule has 1 aromatic rings. The van der Waals surface area contributed by atoms with Crippen molar-refractivity contribution in [2.45, 2.75) is 57.7 Å². The number of carbonyl (C=O) groups excluding carboxylic acids is 4. The number of aromatic nitrogens is 1. The van der Waals surface area contributed by atoms with Crippen molar-refractivity contribution in [3.05, 3.63) is 23.4 Å². The molecule has 1 aliphatic carbocycles. The Morgan fingerprint density at radius 2 is 1.75 bits per heavy atom. The zero-order chi connectivity index (χ0) is 24.1. The Morgan fingerprint density at radius 1 is 1.06 bits per heavy atom. The highest BCUT2D eigenvalue weighted by Gasteiger charge is 2.37. The molecule has 0 aliphatic heterocycles. The fraction of sp³-hybridized carbons (Fsp3) is 0.571. The first kappa shape index (κ1) is 25.4. The summed E-state index contributed by atoms with van der Waals surface area (Å²) in [6, 6.07) is 1.87. The second kappa shape index (κ2) is 10.6. The van der Waals surface area contributed by atoms with Gasteiger partial charge in [-0.25, -0.2) is 9.78 Å². The van der Waals surface area contributed by atoms with E-state index in [9.17, 15) is 19.2 Å². The third-order valence-electron chi connectivity index (χ3n) is 4.83. The molecule has 1 heterocycles. The highest BCUT2D eigenvalue weighted by atomic mass is 35.5. The minimum absolute atomic E-state index is 0.0580. The SMILES string of the molecule is CN(C)C(=O)[C@@H]1CC[C@H](NC(=O)C(=O)Nc2ccc(Cl)cn2)[C@H](NC(=O)OC(C)(C)C)C1. The maximum Gasteiger partial charge on any atom is 0.407 e. The maximum atomic E-state index is 12.5. The first-order valence-electron chi connectivity index (χ1n) is 10.3. The van der Waals surface area contributed by atoms with Gasteiger partial charge in [0.25, 0.3) is 0 Å². The topological polar surface area (TPSA) is 130 Å². The van der Waals surface area contributed by atoms with Crippen LogP contribution in [0.3, 0.4) is 0 Å². The van der Waals surface area contributed by atoms with Gasteiger partial charge in [0.05, 0.1) is 11.1 Å². The van der Waals surface area contributed by atoms with Gasteiger partial charge in [-0.15, -0.1) is 0 Å². The molecule has 3 N–H and O–H groups in total. The van der Waals surface area contributed by atoms with Gasteiger partial charge in [-0.05, 0) is 52.2 Å². The van der Waals surface area contributed by atoms with E-state index in [0.29, 0.717) is 24.3 Å². The average Bonchev–Trinajstić information content (AvgIpc) is 2.68. The van der Waals surface area contributed by atoms with Gasteiger partial charge in [-0.2, -0.15) is 0 Å². The zero-order valence-corrected chi connectivity index (χ0v) is 19.7. The van der Waals surface area contributed by atoms with Crippen molar-refractivity contribution >= 4 is 41.2 Å². The molecule has 3 atom stereocenters. The van der Waals surface area contributed by atoms with Crippen LogP contribution in [-0.2, 0) is 19.1 Å². The zero-order valence-electron chi connectivity index (χ0n) is 18.9. The Morgan fingerprint density at radius 3 is 2.31 bits per heavy atom. The first-order chi connectivity index (χ1) is 14.9. The molecule has 32 heavy (non-hydrogen) atoms. The van der Waals surface area contributed by atoms with Crippen LogP contribution in [0.1, 0.15) is 40.0 Å². The van der Waals surface area contributed by atoms with E-state index >= 15 is 0 Å². The molecule has 1 aromatic heterocycles. The predicted octanol–water partition coefficient (Wildman–Crippen LogP) is 1.94. The molecule has 11 heteroatoms. The van der Waals surface area contributed by atoms with Crippen molar-refractivity contribution in [3.63, 3.8) is 0 Å². The number of nitrogens with one attached hydrogen (secondary N) is 3. The van der Waals surface area contributed by atoms with E-state index in [1.165, 1.54) is 23.2 Å². The largest absolute Gasteiger partial charge is 0.444 e. The van der Waals surface area contributed by atoms with Gasteiger partial charge in [-0.1, -0.05) is 11.6 Å². The van der Waals surface area contributed by atoms with E-state index in [1.54, 1.807) is 34.9 Å². The number of hydrogen-bond donors (Lipinski definition) is 3. The number of hydrogen-bond acceptors (Lipinski definition) is 6. The van der Waals surface area contributed by atoms with Gasteiger partial charge in [0.15, 0.2) is 0 Å². The Balaban J connectivity index is 2.07. The van der Waals surface area contributed by atoms with Gasteiger partial charge in [0.2, 0.25) is 5.91 Å². The van der Waals surface area contributed by atoms with E-state index < -0.39 is 35.6 Å². The molecular formula is C21H30ClN5O5. The number of anilines is 1. The van der Waals surface area contributed by atoms with Gasteiger partial charge in [0, 0.05) is 32.3 Å². The van der Waals surface area contributed by atoms with Gasteiger partial charge in [-0.3, -0.25) is 14.4 Å². The van der Waals surface area contributed by atoms with Crippen LogP contribution < -0.4 is 16.0 Å². The van der Waals surface area contributed by atoms with Crippen LogP contribution in [0, 0.1) is 5.92 Å². The summed E-state index contributed by atoms with van der Waals surface area (Å²) in [5.41, 5.74) is -0.707. The van der Waals surface area contributed by atoms with E-state index in [0.717, 1.165) is 0 Å². The molecule has 0 saturated heterocycles.